The summed E-state index contributed by atoms with van der Waals surface area (Å²) >= 11 is 0. The Hall–Kier alpha value is -1.36. The summed E-state index contributed by atoms with van der Waals surface area (Å²) in [6.45, 7) is 4.49. The first kappa shape index (κ1) is 19.6. The Morgan fingerprint density at radius 2 is 1.79 bits per heavy atom. The lowest BCUT2D eigenvalue weighted by Crippen LogP contribution is -2.84. The molecule has 0 aromatic rings. The van der Waals surface area contributed by atoms with Crippen molar-refractivity contribution in [2.75, 3.05) is 6.61 Å². The third-order valence-corrected chi connectivity index (χ3v) is 8.88. The number of carbonyl (C=O) groups excluding carboxylic acids is 2. The topological polar surface area (TPSA) is 154 Å². The van der Waals surface area contributed by atoms with Gasteiger partial charge in [0.15, 0.2) is 17.7 Å². The van der Waals surface area contributed by atoms with Gasteiger partial charge in [-0.05, 0) is 25.3 Å². The number of aliphatic hydroxyl groups excluding tert-OH is 3. The molecule has 5 aliphatic rings. The average molecular weight is 410 g/mol. The van der Waals surface area contributed by atoms with Crippen LogP contribution in [-0.2, 0) is 19.1 Å². The molecule has 2 heterocycles. The molecule has 2 bridgehead atoms. The quantitative estimate of drug-likeness (QED) is 0.293. The second-order valence-corrected chi connectivity index (χ2v) is 9.75. The number of carbonyl (C=O) groups is 2. The number of allylic oxidation sites excluding steroid dienone is 1. The summed E-state index contributed by atoms with van der Waals surface area (Å²) in [5.74, 6) is -6.52. The van der Waals surface area contributed by atoms with Gasteiger partial charge in [-0.15, -0.1) is 0 Å². The van der Waals surface area contributed by atoms with Gasteiger partial charge in [-0.3, -0.25) is 4.79 Å². The van der Waals surface area contributed by atoms with Gasteiger partial charge < -0.3 is 35.0 Å². The molecule has 9 nitrogen and oxygen atoms in total. The fourth-order valence-corrected chi connectivity index (χ4v) is 7.59. The molecule has 4 fully saturated rings. The van der Waals surface area contributed by atoms with E-state index in [1.165, 1.54) is 13.0 Å². The van der Waals surface area contributed by atoms with Gasteiger partial charge in [0.25, 0.3) is 0 Å². The number of esters is 1. The molecule has 2 saturated heterocycles. The SMILES string of the molecule is CC1=CC(=O)[C@H](O)[C@]2(C)[C@@H]1C[C@@H]1OC(=O)[C@@H](O)[C@]3(O)[C@H](C)[C@H](O)[C@@]4(O)OC[C@@]13[C@@H]42. The Bertz CT molecular complexity index is 855. The molecule has 160 valence electrons. The molecule has 11 atom stereocenters. The normalized spacial score (nSPS) is 60.8. The first-order valence-electron chi connectivity index (χ1n) is 9.93. The molecular formula is C20H26O9. The van der Waals surface area contributed by atoms with Crippen LogP contribution in [-0.4, -0.2) is 79.7 Å². The highest BCUT2D eigenvalue weighted by atomic mass is 16.7. The number of rotatable bonds is 0. The summed E-state index contributed by atoms with van der Waals surface area (Å²) in [6, 6.07) is 0. The Labute approximate surface area is 166 Å². The number of hydrogen-bond donors (Lipinski definition) is 5. The van der Waals surface area contributed by atoms with E-state index in [1.807, 2.05) is 0 Å². The maximum atomic E-state index is 12.6. The van der Waals surface area contributed by atoms with Crippen molar-refractivity contribution in [2.45, 2.75) is 63.0 Å². The van der Waals surface area contributed by atoms with Crippen molar-refractivity contribution in [1.82, 2.24) is 0 Å². The van der Waals surface area contributed by atoms with E-state index in [1.54, 1.807) is 13.8 Å². The van der Waals surface area contributed by atoms with Gasteiger partial charge in [0.1, 0.15) is 23.9 Å². The van der Waals surface area contributed by atoms with Gasteiger partial charge in [0, 0.05) is 17.3 Å². The van der Waals surface area contributed by atoms with Crippen LogP contribution in [0.3, 0.4) is 0 Å². The van der Waals surface area contributed by atoms with E-state index in [9.17, 15) is 35.1 Å². The minimum absolute atomic E-state index is 0.183. The third kappa shape index (κ3) is 1.73. The van der Waals surface area contributed by atoms with Crippen molar-refractivity contribution in [3.8, 4) is 0 Å². The predicted molar refractivity (Wildman–Crippen MR) is 93.8 cm³/mol. The highest BCUT2D eigenvalue weighted by Gasteiger charge is 2.87. The summed E-state index contributed by atoms with van der Waals surface area (Å²) in [4.78, 5) is 25.0. The van der Waals surface area contributed by atoms with Crippen molar-refractivity contribution >= 4 is 11.8 Å². The van der Waals surface area contributed by atoms with E-state index in [2.05, 4.69) is 0 Å². The van der Waals surface area contributed by atoms with Gasteiger partial charge in [0.2, 0.25) is 0 Å². The average Bonchev–Trinajstić information content (AvgIpc) is 2.98. The van der Waals surface area contributed by atoms with Crippen LogP contribution < -0.4 is 0 Å². The van der Waals surface area contributed by atoms with Crippen LogP contribution in [0, 0.1) is 28.6 Å². The zero-order valence-corrected chi connectivity index (χ0v) is 16.4. The van der Waals surface area contributed by atoms with E-state index in [0.29, 0.717) is 5.57 Å². The second kappa shape index (κ2) is 5.27. The Balaban J connectivity index is 1.84. The minimum Gasteiger partial charge on any atom is -0.460 e. The van der Waals surface area contributed by atoms with Crippen molar-refractivity contribution in [3.63, 3.8) is 0 Å². The molecule has 9 heteroatoms. The van der Waals surface area contributed by atoms with Crippen molar-refractivity contribution in [2.24, 2.45) is 28.6 Å². The molecule has 3 aliphatic carbocycles. The van der Waals surface area contributed by atoms with Gasteiger partial charge in [-0.25, -0.2) is 4.79 Å². The van der Waals surface area contributed by atoms with E-state index in [4.69, 9.17) is 9.47 Å². The zero-order chi connectivity index (χ0) is 21.3. The summed E-state index contributed by atoms with van der Waals surface area (Å²) in [7, 11) is 0. The van der Waals surface area contributed by atoms with Crippen LogP contribution in [0.1, 0.15) is 27.2 Å². The lowest BCUT2D eigenvalue weighted by Gasteiger charge is -2.70. The number of ether oxygens (including phenoxy) is 2. The highest BCUT2D eigenvalue weighted by molar-refractivity contribution is 5.96. The van der Waals surface area contributed by atoms with E-state index >= 15 is 0 Å². The fourth-order valence-electron chi connectivity index (χ4n) is 7.59. The Morgan fingerprint density at radius 1 is 1.14 bits per heavy atom. The first-order chi connectivity index (χ1) is 13.4. The standard InChI is InChI=1S/C20H26O9/c1-7-4-10(21)13(23)17(3)9(7)5-11-18-6-28-20(27,16(17)18)12(22)8(2)19(18,26)14(24)15(25)29-11/h4,8-9,11-14,16,22-24,26-27H,5-6H2,1-3H3/t8-,9-,11+,12+,13+,14-,16+,17+,18+,19-,20-/m1/s1. The summed E-state index contributed by atoms with van der Waals surface area (Å²) in [5.41, 5.74) is -4.35. The van der Waals surface area contributed by atoms with Gasteiger partial charge in [-0.1, -0.05) is 19.4 Å². The molecule has 5 rings (SSSR count). The number of hydrogen-bond acceptors (Lipinski definition) is 9. The molecule has 0 aromatic heterocycles. The monoisotopic (exact) mass is 410 g/mol. The first-order valence-corrected chi connectivity index (χ1v) is 9.93. The van der Waals surface area contributed by atoms with E-state index < -0.39 is 76.1 Å². The summed E-state index contributed by atoms with van der Waals surface area (Å²) in [5, 5.41) is 56.0. The molecule has 0 aromatic carbocycles. The minimum atomic E-state index is -2.19. The number of fused-ring (bicyclic) bond motifs is 1. The molecular weight excluding hydrogens is 384 g/mol. The van der Waals surface area contributed by atoms with Crippen LogP contribution in [0.25, 0.3) is 0 Å². The lowest BCUT2D eigenvalue weighted by atomic mass is 9.36. The number of ketones is 1. The Morgan fingerprint density at radius 3 is 2.45 bits per heavy atom. The molecule has 2 saturated carbocycles. The zero-order valence-electron chi connectivity index (χ0n) is 16.4. The summed E-state index contributed by atoms with van der Waals surface area (Å²) < 4.78 is 11.2. The molecule has 5 N–H and O–H groups in total. The van der Waals surface area contributed by atoms with E-state index in [0.717, 1.165) is 0 Å². The maximum Gasteiger partial charge on any atom is 0.338 e. The number of aliphatic hydroxyl groups is 5. The predicted octanol–water partition coefficient (Wildman–Crippen LogP) is -1.75. The molecule has 0 radical (unpaired) electrons. The molecule has 1 spiro atoms. The molecule has 29 heavy (non-hydrogen) atoms. The van der Waals surface area contributed by atoms with Gasteiger partial charge in [0.05, 0.1) is 12.0 Å². The highest BCUT2D eigenvalue weighted by Crippen LogP contribution is 2.74. The molecule has 0 unspecified atom stereocenters. The Kier molecular flexibility index (Phi) is 3.56. The van der Waals surface area contributed by atoms with Crippen molar-refractivity contribution in [1.29, 1.82) is 0 Å². The second-order valence-electron chi connectivity index (χ2n) is 9.75. The fraction of sp³-hybridized carbons (Fsp3) is 0.800. The van der Waals surface area contributed by atoms with Crippen LogP contribution in [0.15, 0.2) is 11.6 Å². The summed E-state index contributed by atoms with van der Waals surface area (Å²) in [6.07, 6.45) is -4.56. The maximum absolute atomic E-state index is 12.6. The van der Waals surface area contributed by atoms with E-state index in [-0.39, 0.29) is 13.0 Å². The van der Waals surface area contributed by atoms with Gasteiger partial charge >= 0.3 is 5.97 Å². The smallest absolute Gasteiger partial charge is 0.338 e. The van der Waals surface area contributed by atoms with Crippen molar-refractivity contribution in [3.05, 3.63) is 11.6 Å². The van der Waals surface area contributed by atoms with Gasteiger partial charge in [-0.2, -0.15) is 0 Å². The van der Waals surface area contributed by atoms with Crippen LogP contribution in [0.4, 0.5) is 0 Å². The van der Waals surface area contributed by atoms with Crippen molar-refractivity contribution < 1.29 is 44.6 Å². The van der Waals surface area contributed by atoms with Crippen LogP contribution in [0.5, 0.6) is 0 Å². The van der Waals surface area contributed by atoms with Crippen LogP contribution >= 0.6 is 0 Å². The van der Waals surface area contributed by atoms with Crippen LogP contribution in [0.2, 0.25) is 0 Å². The largest absolute Gasteiger partial charge is 0.460 e. The third-order valence-electron chi connectivity index (χ3n) is 8.88. The lowest BCUT2D eigenvalue weighted by molar-refractivity contribution is -0.375. The molecule has 2 aliphatic heterocycles. The molecule has 0 amide bonds.